The number of nitrogen functional groups attached to an aromatic ring is 1. The van der Waals surface area contributed by atoms with Crippen LogP contribution in [-0.2, 0) is 20.4 Å². The third kappa shape index (κ3) is 15.4. The van der Waals surface area contributed by atoms with Gasteiger partial charge in [-0.3, -0.25) is 4.57 Å². The molecule has 2 atom stereocenters. The molecule has 2 rings (SSSR count). The van der Waals surface area contributed by atoms with Gasteiger partial charge in [-0.1, -0.05) is 90.3 Å². The highest BCUT2D eigenvalue weighted by Gasteiger charge is 2.28. The molecule has 2 heterocycles. The summed E-state index contributed by atoms with van der Waals surface area (Å²) < 4.78 is 89.9. The largest absolute Gasteiger partial charge is 0.382 e. The quantitative estimate of drug-likeness (QED) is 0.0852. The van der Waals surface area contributed by atoms with E-state index in [4.69, 9.17) is 21.8 Å². The third-order valence-electron chi connectivity index (χ3n) is 6.98. The van der Waals surface area contributed by atoms with Gasteiger partial charge in [0.05, 0.1) is 25.6 Å². The number of nitrogens with two attached hydrogens (primary N) is 1. The van der Waals surface area contributed by atoms with E-state index in [1.165, 1.54) is 12.7 Å². The zero-order chi connectivity index (χ0) is 34.3. The van der Waals surface area contributed by atoms with Crippen LogP contribution < -0.4 is 5.73 Å². The number of ether oxygens (including phenoxy) is 1. The van der Waals surface area contributed by atoms with Gasteiger partial charge in [-0.05, 0) is 19.8 Å². The molecule has 1 unspecified atom stereocenters. The number of unbranched alkanes of at least 4 members (excludes halogenated alkanes) is 11. The van der Waals surface area contributed by atoms with Gasteiger partial charge in [0.25, 0.3) is 0 Å². The summed E-state index contributed by atoms with van der Waals surface area (Å²) in [4.78, 5) is 22.2. The molecule has 0 radical (unpaired) electrons. The smallest absolute Gasteiger partial charge is 0.353 e. The number of rotatable bonds is 25. The van der Waals surface area contributed by atoms with Gasteiger partial charge in [0, 0.05) is 19.7 Å². The molecule has 41 heavy (non-hydrogen) atoms. The van der Waals surface area contributed by atoms with Gasteiger partial charge in [0.15, 0.2) is 11.5 Å². The second-order valence-electron chi connectivity index (χ2n) is 10.8. The van der Waals surface area contributed by atoms with Crippen LogP contribution in [0, 0.1) is 0 Å². The summed E-state index contributed by atoms with van der Waals surface area (Å²) in [5, 5.41) is 0. The van der Waals surface area contributed by atoms with E-state index in [1.807, 2.05) is 0 Å². The molecule has 0 fully saturated rings. The van der Waals surface area contributed by atoms with E-state index in [0.717, 1.165) is 64.2 Å². The third-order valence-corrected chi connectivity index (χ3v) is 8.04. The van der Waals surface area contributed by atoms with Crippen LogP contribution in [0.15, 0.2) is 12.7 Å². The van der Waals surface area contributed by atoms with Crippen molar-refractivity contribution in [3.63, 3.8) is 0 Å². The number of hydrogen-bond acceptors (Lipinski definition) is 7. The van der Waals surface area contributed by atoms with Gasteiger partial charge in [-0.25, -0.2) is 23.7 Å². The van der Waals surface area contributed by atoms with Crippen molar-refractivity contribution in [1.29, 1.82) is 0 Å². The number of halogens is 2. The lowest BCUT2D eigenvalue weighted by Crippen LogP contribution is -2.18. The maximum absolute atomic E-state index is 14.3. The Morgan fingerprint density at radius 2 is 1.59 bits per heavy atom. The predicted octanol–water partition coefficient (Wildman–Crippen LogP) is 8.26. The highest BCUT2D eigenvalue weighted by atomic mass is 31.2. The number of hydrogen-bond donors (Lipinski definition) is 2. The van der Waals surface area contributed by atoms with Crippen molar-refractivity contribution in [3.8, 4) is 0 Å². The second kappa shape index (κ2) is 19.5. The molecule has 0 aliphatic carbocycles. The number of imidazole rings is 1. The summed E-state index contributed by atoms with van der Waals surface area (Å²) in [7, 11) is -4.10. The molecule has 2 aromatic heterocycles. The fraction of sp³-hybridized carbons (Fsp3) is 0.828. The predicted molar refractivity (Wildman–Crippen MR) is 160 cm³/mol. The summed E-state index contributed by atoms with van der Waals surface area (Å²) in [5.41, 5.74) is 6.75. The minimum Gasteiger partial charge on any atom is -0.382 e. The number of aromatic nitrogens is 4. The molecule has 0 amide bonds. The van der Waals surface area contributed by atoms with Crippen LogP contribution in [0.4, 0.5) is 14.6 Å². The van der Waals surface area contributed by atoms with Crippen molar-refractivity contribution >= 4 is 24.6 Å². The zero-order valence-electron chi connectivity index (χ0n) is 29.4. The molecular weight excluding hydrogens is 551 g/mol. The van der Waals surface area contributed by atoms with E-state index in [9.17, 15) is 18.2 Å². The first kappa shape index (κ1) is 28.1. The summed E-state index contributed by atoms with van der Waals surface area (Å²) in [5.74, 6) is -2.60. The van der Waals surface area contributed by atoms with Crippen molar-refractivity contribution in [2.45, 2.75) is 141 Å². The van der Waals surface area contributed by atoms with Crippen molar-refractivity contribution in [2.24, 2.45) is 0 Å². The normalized spacial score (nSPS) is 16.9. The van der Waals surface area contributed by atoms with E-state index >= 15 is 0 Å². The Hall–Kier alpha value is -1.68. The maximum Gasteiger partial charge on any atom is 0.353 e. The van der Waals surface area contributed by atoms with Gasteiger partial charge in [0.2, 0.25) is 5.92 Å². The average molecular weight is 609 g/mol. The number of alkyl halides is 2. The molecule has 0 saturated heterocycles. The first-order valence-corrected chi connectivity index (χ1v) is 16.7. The number of fused-ring (bicyclic) bond motifs is 1. The Balaban J connectivity index is 1.44. The van der Waals surface area contributed by atoms with Gasteiger partial charge < -0.3 is 24.5 Å². The van der Waals surface area contributed by atoms with Gasteiger partial charge in [-0.15, -0.1) is 0 Å². The molecule has 0 aliphatic rings. The summed E-state index contributed by atoms with van der Waals surface area (Å²) in [6.45, 7) is -0.820. The Morgan fingerprint density at radius 1 is 1.00 bits per heavy atom. The van der Waals surface area contributed by atoms with Crippen LogP contribution in [-0.4, -0.2) is 49.4 Å². The monoisotopic (exact) mass is 608 g/mol. The second-order valence-corrected chi connectivity index (χ2v) is 12.6. The van der Waals surface area contributed by atoms with Crippen LogP contribution in [0.3, 0.4) is 0 Å². The Morgan fingerprint density at radius 3 is 2.22 bits per heavy atom. The highest BCUT2D eigenvalue weighted by Crippen LogP contribution is 2.42. The van der Waals surface area contributed by atoms with Crippen molar-refractivity contribution in [1.82, 2.24) is 19.5 Å². The molecule has 12 heteroatoms. The lowest BCUT2D eigenvalue weighted by atomic mass is 10.0. The molecule has 0 spiro atoms. The van der Waals surface area contributed by atoms with E-state index in [0.29, 0.717) is 30.6 Å². The first-order chi connectivity index (χ1) is 21.5. The lowest BCUT2D eigenvalue weighted by molar-refractivity contribution is -0.0233. The van der Waals surface area contributed by atoms with Crippen LogP contribution in [0.1, 0.15) is 130 Å². The zero-order valence-corrected chi connectivity index (χ0v) is 25.3. The van der Waals surface area contributed by atoms with Crippen LogP contribution in [0.2, 0.25) is 0 Å². The molecule has 9 nitrogen and oxygen atoms in total. The Bertz CT molecular complexity index is 1210. The van der Waals surface area contributed by atoms with Crippen molar-refractivity contribution in [3.05, 3.63) is 12.7 Å². The molecular formula is C29H52F2N5O4P. The van der Waals surface area contributed by atoms with E-state index < -0.39 is 45.6 Å². The average Bonchev–Trinajstić information content (AvgIpc) is 3.37. The highest BCUT2D eigenvalue weighted by molar-refractivity contribution is 7.52. The standard InChI is InChI=1S/C29H52F2N5O4P/c1-3-4-5-6-7-8-9-10-11-12-13-14-15-16-18-29(30,31)19-17-20-40-41(37,38)24-39-25(2)21-36-23-35-26-27(32)33-22-34-28(26)36/h22-23,25H,3-21,24H2,1-2H3,(H,37,38)(H2,32,33,34)/t25-/m1/s1/i1D3,3D2. The molecule has 0 saturated carbocycles. The first-order valence-electron chi connectivity index (χ1n) is 17.4. The minimum absolute atomic E-state index is 0.0350. The van der Waals surface area contributed by atoms with E-state index in [1.54, 1.807) is 11.5 Å². The van der Waals surface area contributed by atoms with Gasteiger partial charge >= 0.3 is 7.60 Å². The Kier molecular flexibility index (Phi) is 13.4. The lowest BCUT2D eigenvalue weighted by Gasteiger charge is -2.19. The van der Waals surface area contributed by atoms with E-state index in [-0.39, 0.29) is 31.7 Å². The van der Waals surface area contributed by atoms with E-state index in [2.05, 4.69) is 15.0 Å². The molecule has 0 bridgehead atoms. The van der Waals surface area contributed by atoms with Crippen LogP contribution >= 0.6 is 7.60 Å². The van der Waals surface area contributed by atoms with Crippen LogP contribution in [0.5, 0.6) is 0 Å². The van der Waals surface area contributed by atoms with Gasteiger partial charge in [-0.2, -0.15) is 0 Å². The maximum atomic E-state index is 14.3. The molecule has 2 aromatic rings. The summed E-state index contributed by atoms with van der Waals surface area (Å²) in [6, 6.07) is 0. The molecule has 0 aliphatic heterocycles. The molecule has 236 valence electrons. The summed E-state index contributed by atoms with van der Waals surface area (Å²) >= 11 is 0. The Labute approximate surface area is 251 Å². The van der Waals surface area contributed by atoms with Crippen molar-refractivity contribution in [2.75, 3.05) is 18.7 Å². The molecule has 3 N–H and O–H groups in total. The van der Waals surface area contributed by atoms with Crippen LogP contribution in [0.25, 0.3) is 11.2 Å². The minimum atomic E-state index is -4.10. The number of anilines is 1. The molecule has 0 aromatic carbocycles. The summed E-state index contributed by atoms with van der Waals surface area (Å²) in [6.07, 6.45) is 10.0. The van der Waals surface area contributed by atoms with Crippen molar-refractivity contribution < 1.29 is 34.4 Å². The number of nitrogens with zero attached hydrogens (tertiary/aromatic N) is 4. The fourth-order valence-corrected chi connectivity index (χ4v) is 5.58. The fourth-order valence-electron chi connectivity index (χ4n) is 4.65. The topological polar surface area (TPSA) is 125 Å². The van der Waals surface area contributed by atoms with Gasteiger partial charge in [0.1, 0.15) is 18.2 Å². The SMILES string of the molecule is [2H]C([2H])([2H])C([2H])([2H])CCCCCCCCCCCCCCC(F)(F)CCCOP(=O)(O)CO[C@H](C)Cn1cnc2c(N)ncnc21.